The highest BCUT2D eigenvalue weighted by Crippen LogP contribution is 2.33. The van der Waals surface area contributed by atoms with Gasteiger partial charge in [0.1, 0.15) is 5.75 Å². The van der Waals surface area contributed by atoms with Crippen LogP contribution in [0.4, 0.5) is 0 Å². The van der Waals surface area contributed by atoms with Crippen molar-refractivity contribution in [1.82, 2.24) is 10.6 Å². The van der Waals surface area contributed by atoms with Crippen LogP contribution >= 0.6 is 24.0 Å². The third-order valence-corrected chi connectivity index (χ3v) is 3.32. The first-order chi connectivity index (χ1) is 9.70. The molecule has 0 spiro atoms. The lowest BCUT2D eigenvalue weighted by Crippen LogP contribution is -2.41. The van der Waals surface area contributed by atoms with Gasteiger partial charge in [0.15, 0.2) is 5.96 Å². The van der Waals surface area contributed by atoms with Crippen LogP contribution in [0.2, 0.25) is 0 Å². The van der Waals surface area contributed by atoms with Gasteiger partial charge in [0.25, 0.3) is 0 Å². The number of benzene rings is 1. The van der Waals surface area contributed by atoms with Gasteiger partial charge in [-0.1, -0.05) is 18.2 Å². The summed E-state index contributed by atoms with van der Waals surface area (Å²) in [4.78, 5) is 4.72. The van der Waals surface area contributed by atoms with Crippen molar-refractivity contribution in [3.05, 3.63) is 29.8 Å². The van der Waals surface area contributed by atoms with Crippen molar-refractivity contribution >= 4 is 29.9 Å². The second kappa shape index (κ2) is 9.12. The van der Waals surface area contributed by atoms with Crippen LogP contribution in [0.1, 0.15) is 38.7 Å². The fourth-order valence-corrected chi connectivity index (χ4v) is 2.40. The summed E-state index contributed by atoms with van der Waals surface area (Å²) in [6, 6.07) is 8.67. The molecule has 1 aromatic rings. The fourth-order valence-electron chi connectivity index (χ4n) is 2.40. The number of ether oxygens (including phenoxy) is 1. The number of nitrogens with zero attached hydrogens (tertiary/aromatic N) is 1. The summed E-state index contributed by atoms with van der Waals surface area (Å²) >= 11 is 0. The highest BCUT2D eigenvalue weighted by Gasteiger charge is 2.20. The van der Waals surface area contributed by atoms with Crippen LogP contribution in [0.5, 0.6) is 5.75 Å². The molecule has 1 heterocycles. The topological polar surface area (TPSA) is 45.7 Å². The lowest BCUT2D eigenvalue weighted by atomic mass is 9.93. The number of para-hydroxylation sites is 1. The van der Waals surface area contributed by atoms with Crippen LogP contribution in [0.25, 0.3) is 0 Å². The van der Waals surface area contributed by atoms with Crippen molar-refractivity contribution in [2.45, 2.75) is 39.2 Å². The Morgan fingerprint density at radius 1 is 1.38 bits per heavy atom. The number of guanidine groups is 1. The Morgan fingerprint density at radius 3 is 2.86 bits per heavy atom. The number of aliphatic imine (C=N–C) groups is 1. The van der Waals surface area contributed by atoms with E-state index in [1.54, 1.807) is 0 Å². The molecule has 1 aliphatic rings. The molecule has 21 heavy (non-hydrogen) atoms. The quantitative estimate of drug-likeness (QED) is 0.461. The Morgan fingerprint density at radius 2 is 2.14 bits per heavy atom. The van der Waals surface area contributed by atoms with Gasteiger partial charge in [-0.05, 0) is 38.8 Å². The van der Waals surface area contributed by atoms with Crippen LogP contribution in [0, 0.1) is 0 Å². The summed E-state index contributed by atoms with van der Waals surface area (Å²) in [5.74, 6) is 2.36. The second-order valence-corrected chi connectivity index (χ2v) is 5.39. The number of fused-ring (bicyclic) bond motifs is 1. The Kier molecular flexibility index (Phi) is 7.85. The molecule has 0 fully saturated rings. The molecule has 1 unspecified atom stereocenters. The largest absolute Gasteiger partial charge is 0.493 e. The Balaban J connectivity index is 0.00000220. The molecular formula is C16H26IN3O. The van der Waals surface area contributed by atoms with Gasteiger partial charge in [0.2, 0.25) is 0 Å². The van der Waals surface area contributed by atoms with E-state index in [4.69, 9.17) is 9.73 Å². The van der Waals surface area contributed by atoms with E-state index in [9.17, 15) is 0 Å². The minimum absolute atomic E-state index is 0. The van der Waals surface area contributed by atoms with E-state index in [0.29, 0.717) is 12.0 Å². The van der Waals surface area contributed by atoms with Gasteiger partial charge in [-0.15, -0.1) is 24.0 Å². The zero-order chi connectivity index (χ0) is 14.4. The molecule has 4 nitrogen and oxygen atoms in total. The molecule has 1 aromatic carbocycles. The Bertz CT molecular complexity index is 463. The summed E-state index contributed by atoms with van der Waals surface area (Å²) in [7, 11) is 0. The maximum absolute atomic E-state index is 5.69. The van der Waals surface area contributed by atoms with Crippen LogP contribution in [-0.2, 0) is 0 Å². The van der Waals surface area contributed by atoms with Gasteiger partial charge in [-0.3, -0.25) is 4.99 Å². The fraction of sp³-hybridized carbons (Fsp3) is 0.562. The average molecular weight is 403 g/mol. The minimum Gasteiger partial charge on any atom is -0.493 e. The summed E-state index contributed by atoms with van der Waals surface area (Å²) in [5.41, 5.74) is 1.28. The number of nitrogens with one attached hydrogen (secondary N) is 2. The predicted molar refractivity (Wildman–Crippen MR) is 99.0 cm³/mol. The Hall–Kier alpha value is -0.980. The van der Waals surface area contributed by atoms with Gasteiger partial charge < -0.3 is 15.4 Å². The highest BCUT2D eigenvalue weighted by atomic mass is 127. The Labute approximate surface area is 144 Å². The number of halogens is 1. The van der Waals surface area contributed by atoms with Crippen molar-refractivity contribution in [2.24, 2.45) is 4.99 Å². The normalized spacial score (nSPS) is 17.5. The SMILES string of the molecule is CCNC(=NCC1CCOc2ccccc21)NC(C)C.I. The molecule has 118 valence electrons. The third-order valence-electron chi connectivity index (χ3n) is 3.32. The third kappa shape index (κ3) is 5.37. The van der Waals surface area contributed by atoms with E-state index in [-0.39, 0.29) is 24.0 Å². The van der Waals surface area contributed by atoms with Gasteiger partial charge in [-0.2, -0.15) is 0 Å². The summed E-state index contributed by atoms with van der Waals surface area (Å²) in [5, 5.41) is 6.64. The molecule has 0 aliphatic carbocycles. The van der Waals surface area contributed by atoms with E-state index in [2.05, 4.69) is 43.5 Å². The summed E-state index contributed by atoms with van der Waals surface area (Å²) in [6.07, 6.45) is 1.03. The molecule has 2 N–H and O–H groups in total. The zero-order valence-electron chi connectivity index (χ0n) is 13.1. The van der Waals surface area contributed by atoms with Crippen molar-refractivity contribution in [3.63, 3.8) is 0 Å². The first-order valence-corrected chi connectivity index (χ1v) is 7.47. The van der Waals surface area contributed by atoms with E-state index in [1.807, 2.05) is 12.1 Å². The maximum Gasteiger partial charge on any atom is 0.191 e. The molecule has 0 amide bonds. The molecule has 1 aliphatic heterocycles. The first-order valence-electron chi connectivity index (χ1n) is 7.47. The summed E-state index contributed by atoms with van der Waals surface area (Å²) < 4.78 is 5.69. The van der Waals surface area contributed by atoms with E-state index in [0.717, 1.165) is 37.8 Å². The molecule has 5 heteroatoms. The lowest BCUT2D eigenvalue weighted by Gasteiger charge is -2.25. The van der Waals surface area contributed by atoms with Crippen molar-refractivity contribution in [1.29, 1.82) is 0 Å². The molecule has 0 saturated heterocycles. The van der Waals surface area contributed by atoms with E-state index in [1.165, 1.54) is 5.56 Å². The van der Waals surface area contributed by atoms with Gasteiger partial charge in [-0.25, -0.2) is 0 Å². The summed E-state index contributed by atoms with van der Waals surface area (Å²) in [6.45, 7) is 8.78. The average Bonchev–Trinajstić information content (AvgIpc) is 2.44. The van der Waals surface area contributed by atoms with Crippen molar-refractivity contribution < 1.29 is 4.74 Å². The molecule has 0 saturated carbocycles. The van der Waals surface area contributed by atoms with Gasteiger partial charge >= 0.3 is 0 Å². The predicted octanol–water partition coefficient (Wildman–Crippen LogP) is 3.13. The molecule has 0 aromatic heterocycles. The van der Waals surface area contributed by atoms with Crippen LogP contribution in [0.3, 0.4) is 0 Å². The molecule has 0 bridgehead atoms. The number of hydrogen-bond donors (Lipinski definition) is 2. The van der Waals surface area contributed by atoms with Crippen LogP contribution < -0.4 is 15.4 Å². The van der Waals surface area contributed by atoms with Gasteiger partial charge in [0, 0.05) is 25.0 Å². The minimum atomic E-state index is 0. The molecule has 2 rings (SSSR count). The monoisotopic (exact) mass is 403 g/mol. The van der Waals surface area contributed by atoms with Crippen molar-refractivity contribution in [2.75, 3.05) is 19.7 Å². The number of hydrogen-bond acceptors (Lipinski definition) is 2. The molecule has 1 atom stereocenters. The van der Waals surface area contributed by atoms with Crippen LogP contribution in [-0.4, -0.2) is 31.7 Å². The van der Waals surface area contributed by atoms with E-state index >= 15 is 0 Å². The smallest absolute Gasteiger partial charge is 0.191 e. The second-order valence-electron chi connectivity index (χ2n) is 5.39. The molecular weight excluding hydrogens is 377 g/mol. The first kappa shape index (κ1) is 18.1. The van der Waals surface area contributed by atoms with E-state index < -0.39 is 0 Å². The standard InChI is InChI=1S/C16H25N3O.HI/c1-4-17-16(19-12(2)3)18-11-13-9-10-20-15-8-6-5-7-14(13)15;/h5-8,12-13H,4,9-11H2,1-3H3,(H2,17,18,19);1H. The van der Waals surface area contributed by atoms with Gasteiger partial charge in [0.05, 0.1) is 6.61 Å². The molecule has 0 radical (unpaired) electrons. The van der Waals surface area contributed by atoms with Crippen LogP contribution in [0.15, 0.2) is 29.3 Å². The van der Waals surface area contributed by atoms with Crippen molar-refractivity contribution in [3.8, 4) is 5.75 Å². The highest BCUT2D eigenvalue weighted by molar-refractivity contribution is 14.0. The number of rotatable bonds is 4. The lowest BCUT2D eigenvalue weighted by molar-refractivity contribution is 0.269. The zero-order valence-corrected chi connectivity index (χ0v) is 15.4. The maximum atomic E-state index is 5.69.